The van der Waals surface area contributed by atoms with Crippen LogP contribution < -0.4 is 0 Å². The van der Waals surface area contributed by atoms with E-state index in [2.05, 4.69) is 61.3 Å². The van der Waals surface area contributed by atoms with E-state index in [1.807, 2.05) is 41.4 Å². The summed E-state index contributed by atoms with van der Waals surface area (Å²) in [6, 6.07) is 24.3. The summed E-state index contributed by atoms with van der Waals surface area (Å²) in [5.74, 6) is 1.16. The molecule has 2 aliphatic heterocycles. The van der Waals surface area contributed by atoms with E-state index >= 15 is 0 Å². The SMILES string of the molecule is CN(C(=O)O)[C@@H](C(=O)N1CCC[C@H]1c1ncc(-c2ccc(-c3ccc(-c4cnc([C@@H]5CCCN5C(=O)c5cscn5)[nH]4)cc3)cc2)[nH]1)c1ccccc1. The van der Waals surface area contributed by atoms with Gasteiger partial charge in [0.25, 0.3) is 11.8 Å². The van der Waals surface area contributed by atoms with Crippen LogP contribution in [0.15, 0.2) is 102 Å². The number of carbonyl (C=O) groups is 3. The molecule has 2 saturated heterocycles. The molecule has 6 aromatic rings. The van der Waals surface area contributed by atoms with Gasteiger partial charge in [0.15, 0.2) is 0 Å². The second-order valence-electron chi connectivity index (χ2n) is 13.4. The van der Waals surface area contributed by atoms with Gasteiger partial charge in [0, 0.05) is 25.5 Å². The third-order valence-electron chi connectivity index (χ3n) is 10.3. The number of imidazole rings is 2. The van der Waals surface area contributed by atoms with Gasteiger partial charge in [0.2, 0.25) is 0 Å². The minimum absolute atomic E-state index is 0.0534. The molecule has 2 aliphatic rings. The topological polar surface area (TPSA) is 151 Å². The Labute approximate surface area is 310 Å². The van der Waals surface area contributed by atoms with Gasteiger partial charge in [-0.3, -0.25) is 14.5 Å². The number of nitrogens with zero attached hydrogens (tertiary/aromatic N) is 6. The van der Waals surface area contributed by atoms with E-state index in [1.165, 1.54) is 18.4 Å². The maximum Gasteiger partial charge on any atom is 0.407 e. The first-order valence-electron chi connectivity index (χ1n) is 17.7. The lowest BCUT2D eigenvalue weighted by atomic mass is 10.0. The van der Waals surface area contributed by atoms with Crippen molar-refractivity contribution >= 4 is 29.2 Å². The average Bonchev–Trinajstić information content (AvgIpc) is 4.05. The largest absolute Gasteiger partial charge is 0.465 e. The first kappa shape index (κ1) is 34.0. The number of carbonyl (C=O) groups excluding carboxylic acids is 2. The lowest BCUT2D eigenvalue weighted by Gasteiger charge is -2.32. The quantitative estimate of drug-likeness (QED) is 0.139. The normalized spacial score (nSPS) is 17.6. The Morgan fingerprint density at radius 2 is 1.28 bits per heavy atom. The number of hydrogen-bond donors (Lipinski definition) is 3. The number of amides is 3. The number of H-pyrrole nitrogens is 2. The molecule has 0 spiro atoms. The summed E-state index contributed by atoms with van der Waals surface area (Å²) in [5, 5.41) is 11.6. The van der Waals surface area contributed by atoms with Gasteiger partial charge in [0.05, 0.1) is 41.4 Å². The number of hydrogen-bond acceptors (Lipinski definition) is 7. The first-order chi connectivity index (χ1) is 25.9. The summed E-state index contributed by atoms with van der Waals surface area (Å²) in [6.45, 7) is 1.22. The van der Waals surface area contributed by atoms with E-state index in [4.69, 9.17) is 0 Å². The number of likely N-dealkylation sites (tertiary alicyclic amines) is 2. The maximum atomic E-state index is 13.9. The van der Waals surface area contributed by atoms with Crippen molar-refractivity contribution in [2.45, 2.75) is 43.8 Å². The van der Waals surface area contributed by atoms with Gasteiger partial charge in [-0.2, -0.15) is 0 Å². The molecule has 3 amide bonds. The van der Waals surface area contributed by atoms with Gasteiger partial charge in [-0.05, 0) is 53.5 Å². The summed E-state index contributed by atoms with van der Waals surface area (Å²) < 4.78 is 0. The number of benzene rings is 3. The third-order valence-corrected chi connectivity index (χ3v) is 10.9. The number of aromatic amines is 2. The van der Waals surface area contributed by atoms with Gasteiger partial charge in [-0.1, -0.05) is 78.9 Å². The van der Waals surface area contributed by atoms with Gasteiger partial charge >= 0.3 is 6.09 Å². The van der Waals surface area contributed by atoms with Crippen LogP contribution in [0.3, 0.4) is 0 Å². The van der Waals surface area contributed by atoms with Crippen LogP contribution in [0.1, 0.15) is 71.5 Å². The van der Waals surface area contributed by atoms with E-state index in [9.17, 15) is 19.5 Å². The van der Waals surface area contributed by atoms with E-state index in [-0.39, 0.29) is 23.9 Å². The van der Waals surface area contributed by atoms with E-state index in [0.29, 0.717) is 30.2 Å². The van der Waals surface area contributed by atoms with Crippen molar-refractivity contribution < 1.29 is 19.5 Å². The standard InChI is InChI=1S/C40H38N8O4S/c1-46(40(51)52)35(29-7-3-2-4-8-29)39(50)48-20-6-10-34(48)37-42-22-31(45-37)28-17-13-26(14-18-28)25-11-15-27(16-12-25)30-21-41-36(44-30)33-9-5-19-47(33)38(49)32-23-53-24-43-32/h2-4,7-8,11-18,21-24,33-35H,5-6,9-10,19-20H2,1H3,(H,41,44)(H,42,45)(H,51,52)/t33-,34-,35+/m0/s1. The van der Waals surface area contributed by atoms with Crippen molar-refractivity contribution in [2.24, 2.45) is 0 Å². The van der Waals surface area contributed by atoms with Crippen LogP contribution in [0.5, 0.6) is 0 Å². The number of likely N-dealkylation sites (N-methyl/N-ethyl adjacent to an activating group) is 1. The third kappa shape index (κ3) is 6.71. The molecule has 0 unspecified atom stereocenters. The summed E-state index contributed by atoms with van der Waals surface area (Å²) in [7, 11) is 1.43. The Bertz CT molecular complexity index is 2220. The molecule has 2 fully saturated rings. The Balaban J connectivity index is 0.942. The highest BCUT2D eigenvalue weighted by Gasteiger charge is 2.39. The summed E-state index contributed by atoms with van der Waals surface area (Å²) >= 11 is 1.42. The Hall–Kier alpha value is -6.08. The molecule has 5 heterocycles. The molecular weight excluding hydrogens is 689 g/mol. The van der Waals surface area contributed by atoms with Gasteiger partial charge in [0.1, 0.15) is 23.4 Å². The van der Waals surface area contributed by atoms with E-state index in [1.54, 1.807) is 34.1 Å². The lowest BCUT2D eigenvalue weighted by molar-refractivity contribution is -0.137. The number of carboxylic acid groups (broad SMARTS) is 1. The molecule has 3 aromatic carbocycles. The fraction of sp³-hybridized carbons (Fsp3) is 0.250. The van der Waals surface area contributed by atoms with Crippen molar-refractivity contribution in [2.75, 3.05) is 20.1 Å². The number of thiazole rings is 1. The van der Waals surface area contributed by atoms with Crippen LogP contribution in [0.4, 0.5) is 4.79 Å². The number of aromatic nitrogens is 5. The number of nitrogens with one attached hydrogen (secondary N) is 2. The molecule has 3 aromatic heterocycles. The molecule has 12 nitrogen and oxygen atoms in total. The fourth-order valence-electron chi connectivity index (χ4n) is 7.50. The molecule has 8 rings (SSSR count). The molecule has 0 aliphatic carbocycles. The molecule has 268 valence electrons. The predicted octanol–water partition coefficient (Wildman–Crippen LogP) is 7.58. The fourth-order valence-corrected chi connectivity index (χ4v) is 8.02. The van der Waals surface area contributed by atoms with E-state index in [0.717, 1.165) is 70.0 Å². The molecule has 0 bridgehead atoms. The highest BCUT2D eigenvalue weighted by atomic mass is 32.1. The second-order valence-corrected chi connectivity index (χ2v) is 14.2. The maximum absolute atomic E-state index is 13.9. The average molecular weight is 727 g/mol. The zero-order valence-electron chi connectivity index (χ0n) is 29.1. The molecule has 0 radical (unpaired) electrons. The van der Waals surface area contributed by atoms with E-state index < -0.39 is 12.1 Å². The zero-order chi connectivity index (χ0) is 36.5. The van der Waals surface area contributed by atoms with Crippen LogP contribution in [0, 0.1) is 0 Å². The molecule has 53 heavy (non-hydrogen) atoms. The highest BCUT2D eigenvalue weighted by Crippen LogP contribution is 2.36. The van der Waals surface area contributed by atoms with Crippen LogP contribution in [0.2, 0.25) is 0 Å². The van der Waals surface area contributed by atoms with Crippen LogP contribution in [-0.4, -0.2) is 82.8 Å². The van der Waals surface area contributed by atoms with Crippen molar-refractivity contribution in [3.63, 3.8) is 0 Å². The van der Waals surface area contributed by atoms with Crippen molar-refractivity contribution in [1.82, 2.24) is 39.6 Å². The smallest absolute Gasteiger partial charge is 0.407 e. The molecule has 3 N–H and O–H groups in total. The minimum Gasteiger partial charge on any atom is -0.465 e. The van der Waals surface area contributed by atoms with Gasteiger partial charge < -0.3 is 24.9 Å². The molecule has 0 saturated carbocycles. The van der Waals surface area contributed by atoms with Gasteiger partial charge in [-0.15, -0.1) is 11.3 Å². The van der Waals surface area contributed by atoms with Crippen molar-refractivity contribution in [1.29, 1.82) is 0 Å². The summed E-state index contributed by atoms with van der Waals surface area (Å²) in [5.41, 5.74) is 8.64. The Kier molecular flexibility index (Phi) is 9.31. The number of rotatable bonds is 9. The van der Waals surface area contributed by atoms with Crippen LogP contribution in [-0.2, 0) is 4.79 Å². The first-order valence-corrected chi connectivity index (χ1v) is 18.6. The zero-order valence-corrected chi connectivity index (χ0v) is 29.9. The van der Waals surface area contributed by atoms with Crippen LogP contribution >= 0.6 is 11.3 Å². The minimum atomic E-state index is -1.16. The van der Waals surface area contributed by atoms with Crippen molar-refractivity contribution in [3.05, 3.63) is 125 Å². The molecule has 13 heteroatoms. The molecule has 3 atom stereocenters. The second kappa shape index (κ2) is 14.5. The molecular formula is C40H38N8O4S. The summed E-state index contributed by atoms with van der Waals surface area (Å²) in [4.78, 5) is 64.0. The monoisotopic (exact) mass is 726 g/mol. The Morgan fingerprint density at radius 1 is 0.755 bits per heavy atom. The predicted molar refractivity (Wildman–Crippen MR) is 201 cm³/mol. The van der Waals surface area contributed by atoms with Gasteiger partial charge in [-0.25, -0.2) is 19.7 Å². The highest BCUT2D eigenvalue weighted by molar-refractivity contribution is 7.07. The summed E-state index contributed by atoms with van der Waals surface area (Å²) in [6.07, 6.45) is 5.78. The Morgan fingerprint density at radius 3 is 1.81 bits per heavy atom. The van der Waals surface area contributed by atoms with Crippen molar-refractivity contribution in [3.8, 4) is 33.6 Å². The lowest BCUT2D eigenvalue weighted by Crippen LogP contribution is -2.43. The van der Waals surface area contributed by atoms with Crippen LogP contribution in [0.25, 0.3) is 33.6 Å².